The molecule has 0 aliphatic heterocycles. The van der Waals surface area contributed by atoms with E-state index >= 15 is 0 Å². The summed E-state index contributed by atoms with van der Waals surface area (Å²) in [6.07, 6.45) is 2.29. The Morgan fingerprint density at radius 1 is 1.24 bits per heavy atom. The van der Waals surface area contributed by atoms with Gasteiger partial charge in [0.15, 0.2) is 17.1 Å². The molecule has 1 aliphatic carbocycles. The minimum atomic E-state index is -1.52. The van der Waals surface area contributed by atoms with Crippen LogP contribution in [0.4, 0.5) is 4.39 Å². The molecule has 1 atom stereocenters. The van der Waals surface area contributed by atoms with Gasteiger partial charge in [0.2, 0.25) is 0 Å². The summed E-state index contributed by atoms with van der Waals surface area (Å²) in [7, 11) is 0. The molecule has 0 bridgehead atoms. The molecule has 1 fully saturated rings. The van der Waals surface area contributed by atoms with Crippen LogP contribution in [0.3, 0.4) is 0 Å². The number of nitrogens with one attached hydrogen (secondary N) is 1. The number of benzene rings is 2. The third-order valence-electron chi connectivity index (χ3n) is 5.66. The summed E-state index contributed by atoms with van der Waals surface area (Å²) in [4.78, 5) is 17.6. The fourth-order valence-corrected chi connectivity index (χ4v) is 4.35. The number of hydrogen-bond donors (Lipinski definition) is 1. The summed E-state index contributed by atoms with van der Waals surface area (Å²) >= 11 is 12.0. The fraction of sp³-hybridized carbons (Fsp3) is 0.240. The second-order valence-corrected chi connectivity index (χ2v) is 9.16. The molecule has 9 heteroatoms. The number of ether oxygens (including phenoxy) is 1. The van der Waals surface area contributed by atoms with Crippen LogP contribution in [0.5, 0.6) is 11.5 Å². The van der Waals surface area contributed by atoms with E-state index in [4.69, 9.17) is 27.9 Å². The molecule has 34 heavy (non-hydrogen) atoms. The summed E-state index contributed by atoms with van der Waals surface area (Å²) in [5.41, 5.74) is 2.75. The average molecular weight is 499 g/mol. The van der Waals surface area contributed by atoms with Crippen LogP contribution in [0, 0.1) is 6.92 Å². The Hall–Kier alpha value is -3.16. The predicted molar refractivity (Wildman–Crippen MR) is 129 cm³/mol. The molecule has 0 saturated heterocycles. The van der Waals surface area contributed by atoms with E-state index in [1.165, 1.54) is 41.3 Å². The molecular formula is C25H21Cl2FN4O2. The summed E-state index contributed by atoms with van der Waals surface area (Å²) in [6.45, 7) is 1.51. The number of hydrogen-bond acceptors (Lipinski definition) is 4. The van der Waals surface area contributed by atoms with Gasteiger partial charge in [-0.1, -0.05) is 41.4 Å². The zero-order valence-corrected chi connectivity index (χ0v) is 19.8. The summed E-state index contributed by atoms with van der Waals surface area (Å²) in [6, 6.07) is 14.1. The normalized spacial score (nSPS) is 14.2. The van der Waals surface area contributed by atoms with Crippen molar-refractivity contribution >= 4 is 34.8 Å². The van der Waals surface area contributed by atoms with E-state index in [2.05, 4.69) is 21.5 Å². The molecular weight excluding hydrogens is 478 g/mol. The van der Waals surface area contributed by atoms with E-state index < -0.39 is 12.1 Å². The summed E-state index contributed by atoms with van der Waals surface area (Å²) in [5, 5.41) is 7.62. The van der Waals surface area contributed by atoms with Crippen molar-refractivity contribution in [1.82, 2.24) is 19.9 Å². The lowest BCUT2D eigenvalue weighted by atomic mass is 10.1. The number of aromatic nitrogens is 3. The third-order valence-corrected chi connectivity index (χ3v) is 6.23. The SMILES string of the molecule is Cc1cc2ncc(Oc3cccc(C4CC4)c3)c(C(=O)NCC(F)c3ccc(Cl)cc3Cl)n2n1. The van der Waals surface area contributed by atoms with E-state index in [0.717, 1.165) is 0 Å². The van der Waals surface area contributed by atoms with Crippen LogP contribution in [0.2, 0.25) is 10.0 Å². The molecule has 1 N–H and O–H groups in total. The highest BCUT2D eigenvalue weighted by Crippen LogP contribution is 2.41. The maximum Gasteiger partial charge on any atom is 0.274 e. The van der Waals surface area contributed by atoms with Gasteiger partial charge in [-0.15, -0.1) is 0 Å². The van der Waals surface area contributed by atoms with E-state index in [1.54, 1.807) is 19.1 Å². The van der Waals surface area contributed by atoms with Gasteiger partial charge >= 0.3 is 0 Å². The van der Waals surface area contributed by atoms with Gasteiger partial charge in [-0.05, 0) is 55.5 Å². The number of nitrogens with zero attached hydrogens (tertiary/aromatic N) is 3. The molecule has 4 aromatic rings. The van der Waals surface area contributed by atoms with Crippen molar-refractivity contribution < 1.29 is 13.9 Å². The minimum Gasteiger partial charge on any atom is -0.453 e. The van der Waals surface area contributed by atoms with E-state index in [1.807, 2.05) is 18.2 Å². The van der Waals surface area contributed by atoms with Crippen LogP contribution >= 0.6 is 23.2 Å². The smallest absolute Gasteiger partial charge is 0.274 e. The molecule has 1 aliphatic rings. The van der Waals surface area contributed by atoms with Gasteiger partial charge in [0.1, 0.15) is 11.9 Å². The minimum absolute atomic E-state index is 0.129. The predicted octanol–water partition coefficient (Wildman–Crippen LogP) is 6.45. The maximum absolute atomic E-state index is 14.9. The van der Waals surface area contributed by atoms with Crippen molar-refractivity contribution in [3.8, 4) is 11.5 Å². The van der Waals surface area contributed by atoms with E-state index in [9.17, 15) is 9.18 Å². The number of aryl methyl sites for hydroxylation is 1. The lowest BCUT2D eigenvalue weighted by molar-refractivity contribution is 0.0931. The Bertz CT molecular complexity index is 1390. The summed E-state index contributed by atoms with van der Waals surface area (Å²) in [5.74, 6) is 0.833. The van der Waals surface area contributed by atoms with Crippen LogP contribution in [-0.4, -0.2) is 27.0 Å². The molecule has 174 valence electrons. The number of carbonyl (C=O) groups excluding carboxylic acids is 1. The number of fused-ring (bicyclic) bond motifs is 1. The third kappa shape index (κ3) is 4.72. The first kappa shape index (κ1) is 22.6. The average Bonchev–Trinajstić information content (AvgIpc) is 3.58. The van der Waals surface area contributed by atoms with Crippen LogP contribution < -0.4 is 10.1 Å². The molecule has 1 saturated carbocycles. The number of amides is 1. The summed E-state index contributed by atoms with van der Waals surface area (Å²) < 4.78 is 22.4. The quantitative estimate of drug-likeness (QED) is 0.317. The first-order chi connectivity index (χ1) is 16.4. The molecule has 5 rings (SSSR count). The van der Waals surface area contributed by atoms with Crippen molar-refractivity contribution in [2.24, 2.45) is 0 Å². The Morgan fingerprint density at radius 2 is 2.06 bits per heavy atom. The van der Waals surface area contributed by atoms with Gasteiger partial charge < -0.3 is 10.1 Å². The first-order valence-electron chi connectivity index (χ1n) is 10.9. The van der Waals surface area contributed by atoms with Crippen molar-refractivity contribution in [3.63, 3.8) is 0 Å². The van der Waals surface area contributed by atoms with Crippen molar-refractivity contribution in [1.29, 1.82) is 0 Å². The van der Waals surface area contributed by atoms with Crippen LogP contribution in [-0.2, 0) is 0 Å². The van der Waals surface area contributed by atoms with Gasteiger partial charge in [0.05, 0.1) is 18.4 Å². The zero-order chi connectivity index (χ0) is 23.8. The first-order valence-corrected chi connectivity index (χ1v) is 11.6. The lowest BCUT2D eigenvalue weighted by Gasteiger charge is -2.15. The standard InChI is InChI=1S/C25H21Cl2FN4O2/c1-14-9-23-29-13-22(34-18-4-2-3-16(10-18)15-5-6-15)24(32(23)31-14)25(33)30-12-21(28)19-8-7-17(26)11-20(19)27/h2-4,7-11,13,15,21H,5-6,12H2,1H3,(H,30,33). The number of alkyl halides is 1. The fourth-order valence-electron chi connectivity index (χ4n) is 3.82. The number of halogens is 3. The van der Waals surface area contributed by atoms with Gasteiger partial charge in [0, 0.05) is 21.7 Å². The largest absolute Gasteiger partial charge is 0.453 e. The molecule has 6 nitrogen and oxygen atoms in total. The molecule has 0 radical (unpaired) electrons. The molecule has 2 heterocycles. The molecule has 2 aromatic carbocycles. The zero-order valence-electron chi connectivity index (χ0n) is 18.3. The van der Waals surface area contributed by atoms with E-state index in [-0.39, 0.29) is 28.6 Å². The van der Waals surface area contributed by atoms with Gasteiger partial charge in [-0.3, -0.25) is 4.79 Å². The highest BCUT2D eigenvalue weighted by molar-refractivity contribution is 6.35. The second kappa shape index (κ2) is 9.24. The molecule has 1 unspecified atom stereocenters. The maximum atomic E-state index is 14.9. The van der Waals surface area contributed by atoms with Crippen LogP contribution in [0.1, 0.15) is 52.2 Å². The Morgan fingerprint density at radius 3 is 2.82 bits per heavy atom. The number of rotatable bonds is 7. The Kier molecular flexibility index (Phi) is 6.15. The topological polar surface area (TPSA) is 68.5 Å². The van der Waals surface area contributed by atoms with Crippen LogP contribution in [0.25, 0.3) is 5.65 Å². The second-order valence-electron chi connectivity index (χ2n) is 8.32. The van der Waals surface area contributed by atoms with Crippen molar-refractivity contribution in [2.75, 3.05) is 6.54 Å². The Labute approximate surface area is 205 Å². The lowest BCUT2D eigenvalue weighted by Crippen LogP contribution is -2.29. The van der Waals surface area contributed by atoms with Crippen molar-refractivity contribution in [2.45, 2.75) is 31.9 Å². The molecule has 2 aromatic heterocycles. The van der Waals surface area contributed by atoms with Gasteiger partial charge in [-0.25, -0.2) is 13.9 Å². The molecule has 1 amide bonds. The van der Waals surface area contributed by atoms with Gasteiger partial charge in [0.25, 0.3) is 5.91 Å². The highest BCUT2D eigenvalue weighted by Gasteiger charge is 2.25. The van der Waals surface area contributed by atoms with E-state index in [0.29, 0.717) is 28.0 Å². The highest BCUT2D eigenvalue weighted by atomic mass is 35.5. The Balaban J connectivity index is 1.42. The van der Waals surface area contributed by atoms with Gasteiger partial charge in [-0.2, -0.15) is 5.10 Å². The monoisotopic (exact) mass is 498 g/mol. The van der Waals surface area contributed by atoms with Crippen LogP contribution in [0.15, 0.2) is 54.7 Å². The molecule has 0 spiro atoms. The van der Waals surface area contributed by atoms with Crippen molar-refractivity contribution in [3.05, 3.63) is 87.3 Å². The number of carbonyl (C=O) groups is 1.